The molecule has 0 saturated carbocycles. The fourth-order valence-corrected chi connectivity index (χ4v) is 1.62. The van der Waals surface area contributed by atoms with Gasteiger partial charge >= 0.3 is 5.97 Å². The van der Waals surface area contributed by atoms with E-state index in [1.165, 1.54) is 0 Å². The van der Waals surface area contributed by atoms with Crippen LogP contribution in [0.1, 0.15) is 11.1 Å². The molecule has 2 aromatic rings. The van der Waals surface area contributed by atoms with Crippen LogP contribution in [-0.2, 0) is 11.2 Å². The first-order valence-electron chi connectivity index (χ1n) is 5.51. The Morgan fingerprint density at radius 1 is 1.53 bits per heavy atom. The number of aromatic nitrogens is 3. The summed E-state index contributed by atoms with van der Waals surface area (Å²) in [5.41, 5.74) is 6.45. The number of aromatic amines is 1. The van der Waals surface area contributed by atoms with Crippen LogP contribution in [0.15, 0.2) is 23.1 Å². The van der Waals surface area contributed by atoms with Gasteiger partial charge in [0.25, 0.3) is 5.56 Å². The van der Waals surface area contributed by atoms with Crippen LogP contribution in [-0.4, -0.2) is 26.0 Å². The molecule has 2 heterocycles. The quantitative estimate of drug-likeness (QED) is 0.731. The Bertz CT molecular complexity index is 694. The van der Waals surface area contributed by atoms with E-state index < -0.39 is 17.9 Å². The van der Waals surface area contributed by atoms with Crippen LogP contribution < -0.4 is 11.3 Å². The standard InChI is InChI=1S/C12H12N4O3/c1-6-2-3-14-8(4-6)11-15-10(13)7(5-9(17)18)12(19)16-11/h2-4H,5H2,1H3,(H,17,18)(H3,13,15,16,19). The first-order valence-corrected chi connectivity index (χ1v) is 5.51. The summed E-state index contributed by atoms with van der Waals surface area (Å²) in [4.78, 5) is 33.0. The Morgan fingerprint density at radius 2 is 2.26 bits per heavy atom. The van der Waals surface area contributed by atoms with Gasteiger partial charge in [0.05, 0.1) is 12.0 Å². The maximum atomic E-state index is 11.8. The van der Waals surface area contributed by atoms with Crippen LogP contribution >= 0.6 is 0 Å². The number of nitrogens with one attached hydrogen (secondary N) is 1. The molecule has 0 aliphatic heterocycles. The Morgan fingerprint density at radius 3 is 2.84 bits per heavy atom. The summed E-state index contributed by atoms with van der Waals surface area (Å²) >= 11 is 0. The molecular weight excluding hydrogens is 248 g/mol. The van der Waals surface area contributed by atoms with E-state index in [-0.39, 0.29) is 17.2 Å². The third kappa shape index (κ3) is 2.76. The molecule has 0 spiro atoms. The zero-order valence-corrected chi connectivity index (χ0v) is 10.2. The third-order valence-corrected chi connectivity index (χ3v) is 2.53. The predicted octanol–water partition coefficient (Wildman–Crippen LogP) is 0.350. The average Bonchev–Trinajstić information content (AvgIpc) is 2.33. The topological polar surface area (TPSA) is 122 Å². The molecule has 7 nitrogen and oxygen atoms in total. The molecular formula is C12H12N4O3. The second-order valence-electron chi connectivity index (χ2n) is 4.07. The summed E-state index contributed by atoms with van der Waals surface area (Å²) in [5.74, 6) is -1.01. The molecule has 19 heavy (non-hydrogen) atoms. The van der Waals surface area contributed by atoms with Crippen molar-refractivity contribution in [3.05, 3.63) is 39.8 Å². The molecule has 0 saturated heterocycles. The fourth-order valence-electron chi connectivity index (χ4n) is 1.62. The molecule has 0 unspecified atom stereocenters. The van der Waals surface area contributed by atoms with Crippen molar-refractivity contribution < 1.29 is 9.90 Å². The van der Waals surface area contributed by atoms with Gasteiger partial charge in [-0.25, -0.2) is 4.98 Å². The second-order valence-corrected chi connectivity index (χ2v) is 4.07. The molecule has 2 aromatic heterocycles. The van der Waals surface area contributed by atoms with Crippen LogP contribution in [0.5, 0.6) is 0 Å². The minimum Gasteiger partial charge on any atom is -0.481 e. The van der Waals surface area contributed by atoms with E-state index in [1.807, 2.05) is 13.0 Å². The van der Waals surface area contributed by atoms with Gasteiger partial charge in [-0.2, -0.15) is 0 Å². The average molecular weight is 260 g/mol. The maximum Gasteiger partial charge on any atom is 0.308 e. The normalized spacial score (nSPS) is 10.4. The lowest BCUT2D eigenvalue weighted by Gasteiger charge is -2.05. The smallest absolute Gasteiger partial charge is 0.308 e. The van der Waals surface area contributed by atoms with Crippen molar-refractivity contribution in [1.82, 2.24) is 15.0 Å². The van der Waals surface area contributed by atoms with Gasteiger partial charge in [0.2, 0.25) is 0 Å². The minimum absolute atomic E-state index is 0.0519. The predicted molar refractivity (Wildman–Crippen MR) is 68.6 cm³/mol. The molecule has 0 atom stereocenters. The first kappa shape index (κ1) is 12.7. The number of carboxylic acids is 1. The minimum atomic E-state index is -1.14. The number of anilines is 1. The van der Waals surface area contributed by atoms with Crippen molar-refractivity contribution in [3.8, 4) is 11.5 Å². The number of nitrogen functional groups attached to an aromatic ring is 1. The van der Waals surface area contributed by atoms with E-state index in [2.05, 4.69) is 15.0 Å². The molecule has 4 N–H and O–H groups in total. The molecule has 0 amide bonds. The number of aliphatic carboxylic acids is 1. The zero-order valence-electron chi connectivity index (χ0n) is 10.2. The summed E-state index contributed by atoms with van der Waals surface area (Å²) in [6.45, 7) is 1.88. The summed E-state index contributed by atoms with van der Waals surface area (Å²) in [7, 11) is 0. The number of hydrogen-bond acceptors (Lipinski definition) is 5. The number of nitrogens with zero attached hydrogens (tertiary/aromatic N) is 2. The van der Waals surface area contributed by atoms with Gasteiger partial charge in [0, 0.05) is 6.20 Å². The van der Waals surface area contributed by atoms with Crippen molar-refractivity contribution >= 4 is 11.8 Å². The summed E-state index contributed by atoms with van der Waals surface area (Å²) in [6, 6.07) is 3.55. The van der Waals surface area contributed by atoms with Gasteiger partial charge in [0.1, 0.15) is 11.5 Å². The number of hydrogen-bond donors (Lipinski definition) is 3. The largest absolute Gasteiger partial charge is 0.481 e. The van der Waals surface area contributed by atoms with Gasteiger partial charge in [-0.1, -0.05) is 0 Å². The Hall–Kier alpha value is -2.70. The molecule has 0 fully saturated rings. The van der Waals surface area contributed by atoms with E-state index in [0.29, 0.717) is 5.69 Å². The number of nitrogens with two attached hydrogens (primary N) is 1. The van der Waals surface area contributed by atoms with Crippen molar-refractivity contribution in [2.75, 3.05) is 5.73 Å². The molecule has 0 aliphatic rings. The highest BCUT2D eigenvalue weighted by molar-refractivity contribution is 5.72. The molecule has 0 aliphatic carbocycles. The Balaban J connectivity index is 2.51. The van der Waals surface area contributed by atoms with Crippen LogP contribution in [0.4, 0.5) is 5.82 Å². The zero-order chi connectivity index (χ0) is 14.0. The highest BCUT2D eigenvalue weighted by atomic mass is 16.4. The van der Waals surface area contributed by atoms with Gasteiger partial charge in [-0.05, 0) is 24.6 Å². The second kappa shape index (κ2) is 4.89. The number of H-pyrrole nitrogens is 1. The highest BCUT2D eigenvalue weighted by Gasteiger charge is 2.13. The maximum absolute atomic E-state index is 11.8. The van der Waals surface area contributed by atoms with Crippen molar-refractivity contribution in [3.63, 3.8) is 0 Å². The highest BCUT2D eigenvalue weighted by Crippen LogP contribution is 2.14. The van der Waals surface area contributed by atoms with Crippen LogP contribution in [0.3, 0.4) is 0 Å². The first-order chi connectivity index (χ1) is 8.97. The molecule has 0 aromatic carbocycles. The van der Waals surface area contributed by atoms with E-state index >= 15 is 0 Å². The lowest BCUT2D eigenvalue weighted by atomic mass is 10.2. The van der Waals surface area contributed by atoms with Gasteiger partial charge in [-0.3, -0.25) is 14.6 Å². The van der Waals surface area contributed by atoms with E-state index in [0.717, 1.165) is 5.56 Å². The number of pyridine rings is 1. The van der Waals surface area contributed by atoms with Crippen molar-refractivity contribution in [2.24, 2.45) is 0 Å². The lowest BCUT2D eigenvalue weighted by Crippen LogP contribution is -2.21. The molecule has 2 rings (SSSR count). The molecule has 98 valence electrons. The van der Waals surface area contributed by atoms with Gasteiger partial charge < -0.3 is 15.8 Å². The molecule has 7 heteroatoms. The SMILES string of the molecule is Cc1ccnc(-c2nc(N)c(CC(=O)O)c(=O)[nH]2)c1. The van der Waals surface area contributed by atoms with Gasteiger partial charge in [-0.15, -0.1) is 0 Å². The molecule has 0 bridgehead atoms. The third-order valence-electron chi connectivity index (χ3n) is 2.53. The number of rotatable bonds is 3. The van der Waals surface area contributed by atoms with Crippen LogP contribution in [0, 0.1) is 6.92 Å². The van der Waals surface area contributed by atoms with Crippen molar-refractivity contribution in [2.45, 2.75) is 13.3 Å². The summed E-state index contributed by atoms with van der Waals surface area (Å²) < 4.78 is 0. The lowest BCUT2D eigenvalue weighted by molar-refractivity contribution is -0.136. The number of carboxylic acid groups (broad SMARTS) is 1. The van der Waals surface area contributed by atoms with E-state index in [1.54, 1.807) is 12.3 Å². The molecule has 0 radical (unpaired) electrons. The monoisotopic (exact) mass is 260 g/mol. The van der Waals surface area contributed by atoms with E-state index in [4.69, 9.17) is 10.8 Å². The van der Waals surface area contributed by atoms with E-state index in [9.17, 15) is 9.59 Å². The summed E-state index contributed by atoms with van der Waals surface area (Å²) in [6.07, 6.45) is 1.13. The van der Waals surface area contributed by atoms with Gasteiger partial charge in [0.15, 0.2) is 5.82 Å². The Kier molecular flexibility index (Phi) is 3.28. The number of aryl methyl sites for hydroxylation is 1. The van der Waals surface area contributed by atoms with Crippen molar-refractivity contribution in [1.29, 1.82) is 0 Å². The summed E-state index contributed by atoms with van der Waals surface area (Å²) in [5, 5.41) is 8.69. The van der Waals surface area contributed by atoms with Crippen LogP contribution in [0.25, 0.3) is 11.5 Å². The fraction of sp³-hybridized carbons (Fsp3) is 0.167. The number of carbonyl (C=O) groups is 1. The van der Waals surface area contributed by atoms with Crippen LogP contribution in [0.2, 0.25) is 0 Å². The Labute approximate surface area is 108 Å².